The lowest BCUT2D eigenvalue weighted by Gasteiger charge is -2.20. The Balaban J connectivity index is 1.51. The number of hydrogen-bond acceptors (Lipinski definition) is 5. The van der Waals surface area contributed by atoms with Crippen molar-refractivity contribution in [1.29, 1.82) is 0 Å². The van der Waals surface area contributed by atoms with Crippen LogP contribution in [0.1, 0.15) is 11.1 Å². The quantitative estimate of drug-likeness (QED) is 0.554. The molecule has 0 saturated carbocycles. The number of carbonyl (C=O) groups is 1. The van der Waals surface area contributed by atoms with Crippen LogP contribution in [0.15, 0.2) is 78.0 Å². The maximum absolute atomic E-state index is 12.8. The molecule has 1 heterocycles. The van der Waals surface area contributed by atoms with E-state index in [0.29, 0.717) is 24.4 Å². The first-order valence-corrected chi connectivity index (χ1v) is 11.2. The van der Waals surface area contributed by atoms with Gasteiger partial charge >= 0.3 is 0 Å². The topological polar surface area (TPSA) is 88.6 Å². The zero-order valence-electron chi connectivity index (χ0n) is 17.5. The Morgan fingerprint density at radius 3 is 2.42 bits per heavy atom. The van der Waals surface area contributed by atoms with Gasteiger partial charge < -0.3 is 10.1 Å². The molecule has 0 bridgehead atoms. The van der Waals surface area contributed by atoms with E-state index in [0.717, 1.165) is 11.1 Å². The highest BCUT2D eigenvalue weighted by Crippen LogP contribution is 2.24. The molecule has 8 heteroatoms. The van der Waals surface area contributed by atoms with Crippen LogP contribution in [0.3, 0.4) is 0 Å². The van der Waals surface area contributed by atoms with Crippen molar-refractivity contribution >= 4 is 21.6 Å². The Morgan fingerprint density at radius 2 is 1.77 bits per heavy atom. The Bertz CT molecular complexity index is 1100. The number of aromatic nitrogens is 1. The molecule has 0 spiro atoms. The summed E-state index contributed by atoms with van der Waals surface area (Å²) in [7, 11) is -2.16. The predicted octanol–water partition coefficient (Wildman–Crippen LogP) is 2.95. The third kappa shape index (κ3) is 6.05. The lowest BCUT2D eigenvalue weighted by Crippen LogP contribution is -2.30. The number of anilines is 1. The van der Waals surface area contributed by atoms with Crippen molar-refractivity contribution in [3.63, 3.8) is 0 Å². The number of hydrogen-bond donors (Lipinski definition) is 1. The molecule has 0 atom stereocenters. The normalized spacial score (nSPS) is 11.0. The van der Waals surface area contributed by atoms with Crippen molar-refractivity contribution < 1.29 is 17.9 Å². The van der Waals surface area contributed by atoms with Gasteiger partial charge in [0, 0.05) is 26.0 Å². The number of amides is 1. The molecule has 2 aromatic carbocycles. The fourth-order valence-electron chi connectivity index (χ4n) is 2.85. The van der Waals surface area contributed by atoms with E-state index in [-0.39, 0.29) is 17.4 Å². The van der Waals surface area contributed by atoms with Crippen LogP contribution in [0.4, 0.5) is 5.69 Å². The number of benzene rings is 2. The second-order valence-electron chi connectivity index (χ2n) is 7.03. The van der Waals surface area contributed by atoms with Crippen LogP contribution < -0.4 is 14.4 Å². The Kier molecular flexibility index (Phi) is 7.25. The van der Waals surface area contributed by atoms with Crippen LogP contribution >= 0.6 is 0 Å². The minimum Gasteiger partial charge on any atom is -0.484 e. The van der Waals surface area contributed by atoms with Crippen LogP contribution in [0.5, 0.6) is 5.75 Å². The van der Waals surface area contributed by atoms with E-state index in [4.69, 9.17) is 4.74 Å². The van der Waals surface area contributed by atoms with Crippen LogP contribution in [0.2, 0.25) is 0 Å². The standard InChI is InChI=1S/C23H25N3O4S/c1-18-5-11-22(12-6-18)31(28,29)26(2)20-7-9-21(10-8-20)30-17-23(27)25-15-13-19-4-3-14-24-16-19/h3-12,14,16H,13,15,17H2,1-2H3,(H,25,27). The summed E-state index contributed by atoms with van der Waals surface area (Å²) in [6.45, 7) is 2.28. The second kappa shape index (κ2) is 10.1. The molecule has 0 unspecified atom stereocenters. The SMILES string of the molecule is Cc1ccc(S(=O)(=O)N(C)c2ccc(OCC(=O)NCCc3cccnc3)cc2)cc1. The number of nitrogens with zero attached hydrogens (tertiary/aromatic N) is 2. The van der Waals surface area contributed by atoms with Gasteiger partial charge in [-0.3, -0.25) is 14.1 Å². The van der Waals surface area contributed by atoms with E-state index in [1.54, 1.807) is 60.9 Å². The summed E-state index contributed by atoms with van der Waals surface area (Å²) < 4.78 is 32.3. The van der Waals surface area contributed by atoms with Gasteiger partial charge in [-0.05, 0) is 61.4 Å². The number of pyridine rings is 1. The minimum absolute atomic E-state index is 0.121. The number of ether oxygens (including phenoxy) is 1. The summed E-state index contributed by atoms with van der Waals surface area (Å²) in [4.78, 5) is 16.2. The minimum atomic E-state index is -3.66. The van der Waals surface area contributed by atoms with Gasteiger partial charge in [-0.25, -0.2) is 8.42 Å². The predicted molar refractivity (Wildman–Crippen MR) is 120 cm³/mol. The van der Waals surface area contributed by atoms with Crippen molar-refractivity contribution in [2.75, 3.05) is 24.5 Å². The molecule has 0 fully saturated rings. The largest absolute Gasteiger partial charge is 0.484 e. The van der Waals surface area contributed by atoms with Gasteiger partial charge in [0.05, 0.1) is 10.6 Å². The summed E-state index contributed by atoms with van der Waals surface area (Å²) in [6.07, 6.45) is 4.16. The van der Waals surface area contributed by atoms with E-state index in [2.05, 4.69) is 10.3 Å². The van der Waals surface area contributed by atoms with E-state index in [9.17, 15) is 13.2 Å². The van der Waals surface area contributed by atoms with E-state index < -0.39 is 10.0 Å². The van der Waals surface area contributed by atoms with Crippen LogP contribution in [-0.2, 0) is 21.2 Å². The molecule has 0 aliphatic rings. The highest BCUT2D eigenvalue weighted by molar-refractivity contribution is 7.92. The molecule has 1 amide bonds. The molecular formula is C23H25N3O4S. The zero-order chi connectivity index (χ0) is 22.3. The monoisotopic (exact) mass is 439 g/mol. The third-order valence-electron chi connectivity index (χ3n) is 4.71. The van der Waals surface area contributed by atoms with E-state index in [1.807, 2.05) is 19.1 Å². The van der Waals surface area contributed by atoms with Crippen LogP contribution in [-0.4, -0.2) is 39.5 Å². The second-order valence-corrected chi connectivity index (χ2v) is 9.00. The Morgan fingerprint density at radius 1 is 1.06 bits per heavy atom. The summed E-state index contributed by atoms with van der Waals surface area (Å²) >= 11 is 0. The highest BCUT2D eigenvalue weighted by atomic mass is 32.2. The van der Waals surface area contributed by atoms with Gasteiger partial charge in [0.25, 0.3) is 15.9 Å². The number of aryl methyl sites for hydroxylation is 1. The first-order valence-electron chi connectivity index (χ1n) is 9.80. The van der Waals surface area contributed by atoms with Crippen LogP contribution in [0, 0.1) is 6.92 Å². The maximum atomic E-state index is 12.8. The van der Waals surface area contributed by atoms with Gasteiger partial charge in [0.1, 0.15) is 5.75 Å². The average molecular weight is 440 g/mol. The van der Waals surface area contributed by atoms with Gasteiger partial charge in [0.2, 0.25) is 0 Å². The fraction of sp³-hybridized carbons (Fsp3) is 0.217. The Hall–Kier alpha value is -3.39. The number of rotatable bonds is 9. The molecule has 31 heavy (non-hydrogen) atoms. The molecule has 162 valence electrons. The van der Waals surface area contributed by atoms with Gasteiger partial charge in [-0.15, -0.1) is 0 Å². The summed E-state index contributed by atoms with van der Waals surface area (Å²) in [6, 6.07) is 17.1. The smallest absolute Gasteiger partial charge is 0.264 e. The summed E-state index contributed by atoms with van der Waals surface area (Å²) in [5.41, 5.74) is 2.53. The Labute approximate surface area is 182 Å². The van der Waals surface area contributed by atoms with Crippen molar-refractivity contribution in [3.05, 3.63) is 84.2 Å². The molecule has 0 aliphatic heterocycles. The first kappa shape index (κ1) is 22.3. The maximum Gasteiger partial charge on any atom is 0.264 e. The molecule has 0 aliphatic carbocycles. The average Bonchev–Trinajstić information content (AvgIpc) is 2.78. The van der Waals surface area contributed by atoms with Crippen molar-refractivity contribution in [3.8, 4) is 5.75 Å². The highest BCUT2D eigenvalue weighted by Gasteiger charge is 2.21. The molecule has 0 radical (unpaired) electrons. The molecule has 1 aromatic heterocycles. The first-order chi connectivity index (χ1) is 14.9. The summed E-state index contributed by atoms with van der Waals surface area (Å²) in [5, 5.41) is 2.79. The van der Waals surface area contributed by atoms with E-state index in [1.165, 1.54) is 11.4 Å². The molecule has 7 nitrogen and oxygen atoms in total. The zero-order valence-corrected chi connectivity index (χ0v) is 18.3. The summed E-state index contributed by atoms with van der Waals surface area (Å²) in [5.74, 6) is 0.249. The van der Waals surface area contributed by atoms with Gasteiger partial charge in [-0.2, -0.15) is 0 Å². The lowest BCUT2D eigenvalue weighted by molar-refractivity contribution is -0.123. The number of carbonyl (C=O) groups excluding carboxylic acids is 1. The molecular weight excluding hydrogens is 414 g/mol. The van der Waals surface area contributed by atoms with Crippen molar-refractivity contribution in [1.82, 2.24) is 10.3 Å². The molecule has 0 saturated heterocycles. The van der Waals surface area contributed by atoms with Gasteiger partial charge in [-0.1, -0.05) is 23.8 Å². The van der Waals surface area contributed by atoms with Gasteiger partial charge in [0.15, 0.2) is 6.61 Å². The molecule has 3 rings (SSSR count). The number of nitrogens with one attached hydrogen (secondary N) is 1. The van der Waals surface area contributed by atoms with Crippen molar-refractivity contribution in [2.24, 2.45) is 0 Å². The molecule has 3 aromatic rings. The molecule has 1 N–H and O–H groups in total. The van der Waals surface area contributed by atoms with Crippen molar-refractivity contribution in [2.45, 2.75) is 18.2 Å². The number of sulfonamides is 1. The third-order valence-corrected chi connectivity index (χ3v) is 6.51. The fourth-order valence-corrected chi connectivity index (χ4v) is 4.05. The van der Waals surface area contributed by atoms with Crippen LogP contribution in [0.25, 0.3) is 0 Å². The van der Waals surface area contributed by atoms with E-state index >= 15 is 0 Å². The lowest BCUT2D eigenvalue weighted by atomic mass is 10.2.